The third-order valence-corrected chi connectivity index (χ3v) is 4.51. The van der Waals surface area contributed by atoms with Gasteiger partial charge in [0.2, 0.25) is 0 Å². The van der Waals surface area contributed by atoms with Crippen molar-refractivity contribution >= 4 is 17.7 Å². The van der Waals surface area contributed by atoms with E-state index < -0.39 is 4.75 Å². The number of hydrogen-bond acceptors (Lipinski definition) is 4. The van der Waals surface area contributed by atoms with Crippen LogP contribution in [0.25, 0.3) is 0 Å². The smallest absolute Gasteiger partial charge is 0.326 e. The molecule has 1 fully saturated rings. The van der Waals surface area contributed by atoms with Gasteiger partial charge in [-0.05, 0) is 30.2 Å². The largest absolute Gasteiger partial charge is 0.468 e. The molecule has 1 aromatic rings. The van der Waals surface area contributed by atoms with Crippen LogP contribution < -0.4 is 0 Å². The van der Waals surface area contributed by atoms with Crippen LogP contribution in [0.5, 0.6) is 0 Å². The summed E-state index contributed by atoms with van der Waals surface area (Å²) in [5.74, 6) is 0.856. The zero-order valence-electron chi connectivity index (χ0n) is 9.31. The minimum Gasteiger partial charge on any atom is -0.468 e. The van der Waals surface area contributed by atoms with Crippen molar-refractivity contribution in [3.8, 4) is 0 Å². The summed E-state index contributed by atoms with van der Waals surface area (Å²) < 4.78 is 4.43. The highest BCUT2D eigenvalue weighted by molar-refractivity contribution is 8.01. The number of ether oxygens (including phenoxy) is 1. The predicted octanol–water partition coefficient (Wildman–Crippen LogP) is 2.37. The van der Waals surface area contributed by atoms with Gasteiger partial charge in [-0.15, -0.1) is 11.8 Å². The molecule has 0 spiro atoms. The van der Waals surface area contributed by atoms with Crippen molar-refractivity contribution in [1.82, 2.24) is 4.98 Å². The summed E-state index contributed by atoms with van der Waals surface area (Å²) in [6.45, 7) is 0. The van der Waals surface area contributed by atoms with Crippen molar-refractivity contribution in [3.05, 3.63) is 30.1 Å². The standard InChI is InChI=1S/C12H15NO2S/c1-15-11(14)12(6-2-3-8-16-12)10-5-4-7-13-9-10/h4-5,7,9H,2-3,6,8H2,1H3/t12-/m1/s1. The number of carbonyl (C=O) groups is 1. The third-order valence-electron chi connectivity index (χ3n) is 2.91. The van der Waals surface area contributed by atoms with Crippen LogP contribution in [0.2, 0.25) is 0 Å². The SMILES string of the molecule is COC(=O)[C@]1(c2cccnc2)CCCCS1. The van der Waals surface area contributed by atoms with E-state index in [9.17, 15) is 4.79 Å². The van der Waals surface area contributed by atoms with Crippen molar-refractivity contribution in [3.63, 3.8) is 0 Å². The summed E-state index contributed by atoms with van der Waals surface area (Å²) in [6.07, 6.45) is 6.58. The average Bonchev–Trinajstić information content (AvgIpc) is 2.39. The molecule has 0 aliphatic carbocycles. The summed E-state index contributed by atoms with van der Waals surface area (Å²) in [4.78, 5) is 16.1. The van der Waals surface area contributed by atoms with Crippen LogP contribution in [0.4, 0.5) is 0 Å². The van der Waals surface area contributed by atoms with Crippen LogP contribution in [0.15, 0.2) is 24.5 Å². The highest BCUT2D eigenvalue weighted by Crippen LogP contribution is 2.45. The predicted molar refractivity (Wildman–Crippen MR) is 64.2 cm³/mol. The number of thioether (sulfide) groups is 1. The van der Waals surface area contributed by atoms with Crippen molar-refractivity contribution in [2.45, 2.75) is 24.0 Å². The molecule has 0 amide bonds. The van der Waals surface area contributed by atoms with E-state index in [-0.39, 0.29) is 5.97 Å². The first-order valence-corrected chi connectivity index (χ1v) is 6.41. The fraction of sp³-hybridized carbons (Fsp3) is 0.500. The summed E-state index contributed by atoms with van der Waals surface area (Å²) in [5.41, 5.74) is 0.964. The fourth-order valence-electron chi connectivity index (χ4n) is 2.07. The first kappa shape index (κ1) is 11.5. The first-order valence-electron chi connectivity index (χ1n) is 5.42. The number of esters is 1. The molecule has 16 heavy (non-hydrogen) atoms. The molecule has 86 valence electrons. The first-order chi connectivity index (χ1) is 7.79. The van der Waals surface area contributed by atoms with Crippen LogP contribution in [0, 0.1) is 0 Å². The molecular formula is C12H15NO2S. The summed E-state index contributed by atoms with van der Waals surface area (Å²) in [6, 6.07) is 3.83. The van der Waals surface area contributed by atoms with Gasteiger partial charge in [-0.1, -0.05) is 12.5 Å². The van der Waals surface area contributed by atoms with E-state index >= 15 is 0 Å². The molecule has 4 heteroatoms. The van der Waals surface area contributed by atoms with Gasteiger partial charge in [0.25, 0.3) is 0 Å². The summed E-state index contributed by atoms with van der Waals surface area (Å²) >= 11 is 1.68. The lowest BCUT2D eigenvalue weighted by Gasteiger charge is -2.33. The minimum absolute atomic E-state index is 0.148. The Morgan fingerprint density at radius 1 is 1.56 bits per heavy atom. The number of pyridine rings is 1. The van der Waals surface area contributed by atoms with Crippen LogP contribution in [0.1, 0.15) is 24.8 Å². The van der Waals surface area contributed by atoms with Gasteiger partial charge in [-0.3, -0.25) is 9.78 Å². The van der Waals surface area contributed by atoms with Crippen LogP contribution in [-0.2, 0) is 14.3 Å². The highest BCUT2D eigenvalue weighted by Gasteiger charge is 2.43. The second-order valence-corrected chi connectivity index (χ2v) is 5.26. The number of nitrogens with zero attached hydrogens (tertiary/aromatic N) is 1. The highest BCUT2D eigenvalue weighted by atomic mass is 32.2. The number of methoxy groups -OCH3 is 1. The van der Waals surface area contributed by atoms with Gasteiger partial charge in [0, 0.05) is 12.4 Å². The minimum atomic E-state index is -0.527. The number of carbonyl (C=O) groups excluding carboxylic acids is 1. The van der Waals surface area contributed by atoms with E-state index in [4.69, 9.17) is 4.74 Å². The Kier molecular flexibility index (Phi) is 3.49. The Balaban J connectivity index is 2.38. The van der Waals surface area contributed by atoms with Gasteiger partial charge in [0.1, 0.15) is 4.75 Å². The van der Waals surface area contributed by atoms with Crippen LogP contribution in [0.3, 0.4) is 0 Å². The number of hydrogen-bond donors (Lipinski definition) is 0. The topological polar surface area (TPSA) is 39.2 Å². The van der Waals surface area contributed by atoms with Gasteiger partial charge < -0.3 is 4.74 Å². The molecule has 1 aromatic heterocycles. The van der Waals surface area contributed by atoms with E-state index in [2.05, 4.69) is 4.98 Å². The maximum Gasteiger partial charge on any atom is 0.326 e. The molecule has 1 atom stereocenters. The van der Waals surface area contributed by atoms with Crippen molar-refractivity contribution in [2.75, 3.05) is 12.9 Å². The summed E-state index contributed by atoms with van der Waals surface area (Å²) in [7, 11) is 1.45. The molecule has 2 heterocycles. The molecule has 0 radical (unpaired) electrons. The Hall–Kier alpha value is -1.03. The zero-order valence-corrected chi connectivity index (χ0v) is 10.1. The molecule has 1 aliphatic rings. The molecule has 1 aliphatic heterocycles. The second kappa shape index (κ2) is 4.87. The molecule has 2 rings (SSSR count). The number of aromatic nitrogens is 1. The Morgan fingerprint density at radius 2 is 2.44 bits per heavy atom. The van der Waals surface area contributed by atoms with E-state index in [1.54, 1.807) is 24.2 Å². The quantitative estimate of drug-likeness (QED) is 0.740. The zero-order chi connectivity index (χ0) is 11.4. The molecule has 1 saturated heterocycles. The third kappa shape index (κ3) is 1.94. The van der Waals surface area contributed by atoms with E-state index in [1.807, 2.05) is 12.1 Å². The van der Waals surface area contributed by atoms with Gasteiger partial charge >= 0.3 is 5.97 Å². The van der Waals surface area contributed by atoms with Crippen molar-refractivity contribution in [1.29, 1.82) is 0 Å². The van der Waals surface area contributed by atoms with Crippen LogP contribution in [-0.4, -0.2) is 23.8 Å². The maximum absolute atomic E-state index is 12.0. The Labute approximate surface area is 99.6 Å². The van der Waals surface area contributed by atoms with Gasteiger partial charge in [0.15, 0.2) is 0 Å². The monoisotopic (exact) mass is 237 g/mol. The maximum atomic E-state index is 12.0. The number of rotatable bonds is 2. The Morgan fingerprint density at radius 3 is 3.00 bits per heavy atom. The molecule has 0 N–H and O–H groups in total. The molecular weight excluding hydrogens is 222 g/mol. The molecule has 0 aromatic carbocycles. The van der Waals surface area contributed by atoms with E-state index in [1.165, 1.54) is 13.5 Å². The molecule has 0 saturated carbocycles. The lowest BCUT2D eigenvalue weighted by molar-refractivity contribution is -0.144. The Bertz CT molecular complexity index is 361. The normalized spacial score (nSPS) is 25.1. The average molecular weight is 237 g/mol. The lowest BCUT2D eigenvalue weighted by Crippen LogP contribution is -2.36. The second-order valence-electron chi connectivity index (χ2n) is 3.87. The van der Waals surface area contributed by atoms with E-state index in [0.29, 0.717) is 0 Å². The van der Waals surface area contributed by atoms with E-state index in [0.717, 1.165) is 24.2 Å². The van der Waals surface area contributed by atoms with Crippen LogP contribution >= 0.6 is 11.8 Å². The molecule has 0 unspecified atom stereocenters. The van der Waals surface area contributed by atoms with Gasteiger partial charge in [-0.25, -0.2) is 0 Å². The molecule has 3 nitrogen and oxygen atoms in total. The van der Waals surface area contributed by atoms with Gasteiger partial charge in [0.05, 0.1) is 7.11 Å². The van der Waals surface area contributed by atoms with Crippen molar-refractivity contribution in [2.24, 2.45) is 0 Å². The van der Waals surface area contributed by atoms with Gasteiger partial charge in [-0.2, -0.15) is 0 Å². The lowest BCUT2D eigenvalue weighted by atomic mass is 9.93. The van der Waals surface area contributed by atoms with Crippen molar-refractivity contribution < 1.29 is 9.53 Å². The summed E-state index contributed by atoms with van der Waals surface area (Å²) in [5, 5.41) is 0. The molecule has 0 bridgehead atoms. The fourth-order valence-corrected chi connectivity index (χ4v) is 3.54.